The maximum Gasteiger partial charge on any atom is 0.387 e. The number of sulfonamides is 1. The molecule has 0 atom stereocenters. The van der Waals surface area contributed by atoms with E-state index in [1.807, 2.05) is 0 Å². The maximum atomic E-state index is 12.6. The molecule has 26 heavy (non-hydrogen) atoms. The highest BCUT2D eigenvalue weighted by molar-refractivity contribution is 7.93. The van der Waals surface area contributed by atoms with E-state index in [2.05, 4.69) is 24.4 Å². The maximum absolute atomic E-state index is 12.6. The summed E-state index contributed by atoms with van der Waals surface area (Å²) < 4.78 is 61.0. The van der Waals surface area contributed by atoms with E-state index in [9.17, 15) is 17.2 Å². The summed E-state index contributed by atoms with van der Waals surface area (Å²) >= 11 is 5.87. The third-order valence-corrected chi connectivity index (χ3v) is 4.86. The standard InChI is InChI=1S/C14H11ClF2N4O4S/c1-24-12-10(25-13(16)17)5-19-14(20-12)21-26(22,23)11-6-18-9-4-7(15)2-3-8(9)11/h2-6,13,18H,1H3,(H,19,20,21). The number of hydrogen-bond donors (Lipinski definition) is 2. The number of anilines is 1. The molecule has 2 N–H and O–H groups in total. The fourth-order valence-corrected chi connectivity index (χ4v) is 3.50. The van der Waals surface area contributed by atoms with Crippen LogP contribution in [0.25, 0.3) is 10.9 Å². The van der Waals surface area contributed by atoms with Gasteiger partial charge in [0, 0.05) is 22.1 Å². The Labute approximate surface area is 151 Å². The van der Waals surface area contributed by atoms with Crippen LogP contribution in [0.15, 0.2) is 35.5 Å². The van der Waals surface area contributed by atoms with Crippen molar-refractivity contribution < 1.29 is 26.7 Å². The first kappa shape index (κ1) is 18.1. The molecular formula is C14H11ClF2N4O4S. The predicted molar refractivity (Wildman–Crippen MR) is 89.3 cm³/mol. The number of methoxy groups -OCH3 is 1. The molecule has 0 aliphatic carbocycles. The quantitative estimate of drug-likeness (QED) is 0.654. The highest BCUT2D eigenvalue weighted by Gasteiger charge is 2.22. The van der Waals surface area contributed by atoms with Crippen molar-refractivity contribution in [1.29, 1.82) is 0 Å². The number of nitrogens with one attached hydrogen (secondary N) is 2. The molecule has 0 saturated carbocycles. The number of H-pyrrole nitrogens is 1. The second-order valence-electron chi connectivity index (χ2n) is 4.89. The van der Waals surface area contributed by atoms with Crippen molar-refractivity contribution in [1.82, 2.24) is 15.0 Å². The van der Waals surface area contributed by atoms with E-state index in [1.54, 1.807) is 18.2 Å². The zero-order valence-corrected chi connectivity index (χ0v) is 14.6. The molecule has 0 bridgehead atoms. The average molecular weight is 405 g/mol. The first-order valence-corrected chi connectivity index (χ1v) is 8.81. The van der Waals surface area contributed by atoms with Crippen LogP contribution in [0.2, 0.25) is 5.02 Å². The molecule has 0 amide bonds. The Hall–Kier alpha value is -2.66. The van der Waals surface area contributed by atoms with Crippen LogP contribution >= 0.6 is 11.6 Å². The van der Waals surface area contributed by atoms with Gasteiger partial charge >= 0.3 is 6.61 Å². The average Bonchev–Trinajstić information content (AvgIpc) is 2.99. The topological polar surface area (TPSA) is 106 Å². The molecule has 138 valence electrons. The van der Waals surface area contributed by atoms with E-state index >= 15 is 0 Å². The number of fused-ring (bicyclic) bond motifs is 1. The fraction of sp³-hybridized carbons (Fsp3) is 0.143. The molecule has 1 aromatic carbocycles. The van der Waals surface area contributed by atoms with Crippen molar-refractivity contribution in [3.05, 3.63) is 35.6 Å². The van der Waals surface area contributed by atoms with Crippen LogP contribution in [0.3, 0.4) is 0 Å². The second-order valence-corrected chi connectivity index (χ2v) is 6.98. The molecule has 8 nitrogen and oxygen atoms in total. The number of ether oxygens (including phenoxy) is 2. The van der Waals surface area contributed by atoms with E-state index < -0.39 is 22.4 Å². The molecule has 0 aliphatic heterocycles. The zero-order chi connectivity index (χ0) is 18.9. The molecule has 0 saturated heterocycles. The fourth-order valence-electron chi connectivity index (χ4n) is 2.20. The first-order valence-electron chi connectivity index (χ1n) is 6.95. The monoisotopic (exact) mass is 404 g/mol. The van der Waals surface area contributed by atoms with Crippen LogP contribution in [-0.4, -0.2) is 37.1 Å². The van der Waals surface area contributed by atoms with Crippen molar-refractivity contribution in [2.24, 2.45) is 0 Å². The number of hydrogen-bond acceptors (Lipinski definition) is 6. The van der Waals surface area contributed by atoms with Crippen molar-refractivity contribution in [3.63, 3.8) is 0 Å². The van der Waals surface area contributed by atoms with Crippen LogP contribution < -0.4 is 14.2 Å². The lowest BCUT2D eigenvalue weighted by molar-refractivity contribution is -0.0518. The van der Waals surface area contributed by atoms with Crippen LogP contribution in [0.1, 0.15) is 0 Å². The van der Waals surface area contributed by atoms with Gasteiger partial charge in [-0.15, -0.1) is 0 Å². The normalized spacial score (nSPS) is 11.7. The molecule has 3 rings (SSSR count). The smallest absolute Gasteiger partial charge is 0.387 e. The van der Waals surface area contributed by atoms with Gasteiger partial charge in [0.25, 0.3) is 15.9 Å². The highest BCUT2D eigenvalue weighted by Crippen LogP contribution is 2.29. The van der Waals surface area contributed by atoms with Gasteiger partial charge in [-0.25, -0.2) is 18.1 Å². The summed E-state index contributed by atoms with van der Waals surface area (Å²) in [5, 5.41) is 0.852. The van der Waals surface area contributed by atoms with Crippen LogP contribution in [0.4, 0.5) is 14.7 Å². The summed E-state index contributed by atoms with van der Waals surface area (Å²) in [6, 6.07) is 4.67. The van der Waals surface area contributed by atoms with Crippen molar-refractivity contribution >= 4 is 38.5 Å². The van der Waals surface area contributed by atoms with Gasteiger partial charge in [-0.2, -0.15) is 13.8 Å². The number of alkyl halides is 2. The minimum absolute atomic E-state index is 0.0559. The summed E-state index contributed by atoms with van der Waals surface area (Å²) in [7, 11) is -2.90. The van der Waals surface area contributed by atoms with E-state index in [0.717, 1.165) is 6.20 Å². The van der Waals surface area contributed by atoms with Crippen molar-refractivity contribution in [2.45, 2.75) is 11.5 Å². The van der Waals surface area contributed by atoms with Gasteiger partial charge in [-0.3, -0.25) is 0 Å². The molecular weight excluding hydrogens is 394 g/mol. The number of benzene rings is 1. The van der Waals surface area contributed by atoms with E-state index in [0.29, 0.717) is 15.9 Å². The van der Waals surface area contributed by atoms with E-state index in [-0.39, 0.29) is 16.7 Å². The Bertz CT molecular complexity index is 1060. The van der Waals surface area contributed by atoms with E-state index in [1.165, 1.54) is 13.3 Å². The molecule has 2 heterocycles. The lowest BCUT2D eigenvalue weighted by atomic mass is 10.2. The predicted octanol–water partition coefficient (Wildman–Crippen LogP) is 3.02. The second kappa shape index (κ2) is 6.92. The lowest BCUT2D eigenvalue weighted by Gasteiger charge is -2.10. The molecule has 0 radical (unpaired) electrons. The van der Waals surface area contributed by atoms with Gasteiger partial charge in [-0.1, -0.05) is 11.6 Å². The molecule has 0 spiro atoms. The van der Waals surface area contributed by atoms with Gasteiger partial charge < -0.3 is 14.5 Å². The van der Waals surface area contributed by atoms with E-state index in [4.69, 9.17) is 16.3 Å². The lowest BCUT2D eigenvalue weighted by Crippen LogP contribution is -2.15. The van der Waals surface area contributed by atoms with Crippen LogP contribution in [-0.2, 0) is 10.0 Å². The number of rotatable bonds is 6. The third kappa shape index (κ3) is 3.63. The molecule has 0 unspecified atom stereocenters. The van der Waals surface area contributed by atoms with Crippen LogP contribution in [0, 0.1) is 0 Å². The molecule has 3 aromatic rings. The van der Waals surface area contributed by atoms with Gasteiger partial charge in [0.2, 0.25) is 11.7 Å². The Morgan fingerprint density at radius 3 is 2.81 bits per heavy atom. The summed E-state index contributed by atoms with van der Waals surface area (Å²) in [6.45, 7) is -3.10. The highest BCUT2D eigenvalue weighted by atomic mass is 35.5. The number of halogens is 3. The molecule has 0 aliphatic rings. The van der Waals surface area contributed by atoms with Crippen molar-refractivity contribution in [2.75, 3.05) is 11.8 Å². The summed E-state index contributed by atoms with van der Waals surface area (Å²) in [4.78, 5) is 10.1. The Morgan fingerprint density at radius 1 is 1.35 bits per heavy atom. The number of nitrogens with zero attached hydrogens (tertiary/aromatic N) is 2. The number of aromatic nitrogens is 3. The Balaban J connectivity index is 1.94. The Kier molecular flexibility index (Phi) is 4.83. The zero-order valence-electron chi connectivity index (χ0n) is 13.0. The molecule has 2 aromatic heterocycles. The SMILES string of the molecule is COc1nc(NS(=O)(=O)c2c[nH]c3cc(Cl)ccc23)ncc1OC(F)F. The summed E-state index contributed by atoms with van der Waals surface area (Å²) in [6.07, 6.45) is 2.17. The Morgan fingerprint density at radius 2 is 2.12 bits per heavy atom. The summed E-state index contributed by atoms with van der Waals surface area (Å²) in [5.74, 6) is -1.14. The largest absolute Gasteiger partial charge is 0.478 e. The first-order chi connectivity index (χ1) is 12.3. The molecule has 12 heteroatoms. The minimum atomic E-state index is -4.06. The minimum Gasteiger partial charge on any atom is -0.478 e. The third-order valence-electron chi connectivity index (χ3n) is 3.25. The number of aromatic amines is 1. The van der Waals surface area contributed by atoms with Gasteiger partial charge in [0.15, 0.2) is 0 Å². The molecule has 0 fully saturated rings. The van der Waals surface area contributed by atoms with Gasteiger partial charge in [0.05, 0.1) is 13.3 Å². The van der Waals surface area contributed by atoms with Gasteiger partial charge in [-0.05, 0) is 18.2 Å². The van der Waals surface area contributed by atoms with Crippen molar-refractivity contribution in [3.8, 4) is 11.6 Å². The summed E-state index contributed by atoms with van der Waals surface area (Å²) in [5.41, 5.74) is 0.525. The van der Waals surface area contributed by atoms with Crippen LogP contribution in [0.5, 0.6) is 11.6 Å². The van der Waals surface area contributed by atoms with Gasteiger partial charge in [0.1, 0.15) is 4.90 Å².